The largest absolute Gasteiger partial charge is 0.273 e. The van der Waals surface area contributed by atoms with Crippen LogP contribution >= 0.6 is 16.9 Å². The fourth-order valence-corrected chi connectivity index (χ4v) is 1.51. The van der Waals surface area contributed by atoms with Crippen LogP contribution in [-0.4, -0.2) is 0 Å². The highest BCUT2D eigenvalue weighted by molar-refractivity contribution is 7.43. The zero-order valence-electron chi connectivity index (χ0n) is 5.68. The standard InChI is InChI=1S/C7H6O2P2/c8-10-7(11-9)6-4-2-1-3-5-6/h1-5,7H. The molecule has 0 aliphatic heterocycles. The topological polar surface area (TPSA) is 34.1 Å². The number of hydrogen-bond acceptors (Lipinski definition) is 2. The van der Waals surface area contributed by atoms with Gasteiger partial charge < -0.3 is 0 Å². The van der Waals surface area contributed by atoms with E-state index in [9.17, 15) is 9.13 Å². The molecule has 56 valence electrons. The molecule has 4 heteroatoms. The van der Waals surface area contributed by atoms with Gasteiger partial charge in [0.25, 0.3) is 0 Å². The van der Waals surface area contributed by atoms with Gasteiger partial charge >= 0.3 is 0 Å². The maximum atomic E-state index is 10.4. The summed E-state index contributed by atoms with van der Waals surface area (Å²) in [6.07, 6.45) is 0. The lowest BCUT2D eigenvalue weighted by Crippen LogP contribution is -1.78. The van der Waals surface area contributed by atoms with Gasteiger partial charge in [-0.05, 0) is 5.56 Å². The molecule has 0 radical (unpaired) electrons. The third-order valence-corrected chi connectivity index (χ3v) is 2.86. The summed E-state index contributed by atoms with van der Waals surface area (Å²) in [5.74, 6) is 0. The van der Waals surface area contributed by atoms with Gasteiger partial charge in [-0.25, -0.2) is 0 Å². The molecular formula is C7H6O2P2. The van der Waals surface area contributed by atoms with Crippen molar-refractivity contribution in [1.29, 1.82) is 0 Å². The van der Waals surface area contributed by atoms with E-state index in [-0.39, 0.29) is 16.9 Å². The van der Waals surface area contributed by atoms with Crippen LogP contribution < -0.4 is 0 Å². The van der Waals surface area contributed by atoms with Crippen LogP contribution in [0.3, 0.4) is 0 Å². The van der Waals surface area contributed by atoms with Gasteiger partial charge in [0.05, 0.1) is 0 Å². The van der Waals surface area contributed by atoms with Crippen LogP contribution in [0.15, 0.2) is 30.3 Å². The van der Waals surface area contributed by atoms with Crippen molar-refractivity contribution in [1.82, 2.24) is 0 Å². The summed E-state index contributed by atoms with van der Waals surface area (Å²) in [5, 5.41) is -0.406. The summed E-state index contributed by atoms with van der Waals surface area (Å²) in [5.41, 5.74) is 0.834. The predicted octanol–water partition coefficient (Wildman–Crippen LogP) is 3.27. The van der Waals surface area contributed by atoms with Crippen LogP contribution in [0.1, 0.15) is 11.0 Å². The van der Waals surface area contributed by atoms with Gasteiger partial charge in [0.2, 0.25) is 0 Å². The Morgan fingerprint density at radius 2 is 1.55 bits per heavy atom. The quantitative estimate of drug-likeness (QED) is 0.675. The molecule has 2 nitrogen and oxygen atoms in total. The number of benzene rings is 1. The molecule has 0 atom stereocenters. The first-order valence-corrected chi connectivity index (χ1v) is 4.84. The molecule has 0 saturated heterocycles. The van der Waals surface area contributed by atoms with Crippen LogP contribution in [0.5, 0.6) is 0 Å². The van der Waals surface area contributed by atoms with Gasteiger partial charge in [-0.2, -0.15) is 0 Å². The summed E-state index contributed by atoms with van der Waals surface area (Å²) in [7, 11) is -0.200. The van der Waals surface area contributed by atoms with E-state index >= 15 is 0 Å². The Morgan fingerprint density at radius 1 is 1.00 bits per heavy atom. The Kier molecular flexibility index (Phi) is 3.35. The average Bonchev–Trinajstić information content (AvgIpc) is 2.09. The third kappa shape index (κ3) is 2.18. The van der Waals surface area contributed by atoms with Crippen molar-refractivity contribution in [2.45, 2.75) is 5.40 Å². The molecule has 0 aliphatic rings. The van der Waals surface area contributed by atoms with Crippen molar-refractivity contribution in [2.75, 3.05) is 0 Å². The lowest BCUT2D eigenvalue weighted by atomic mass is 10.2. The molecule has 0 amide bonds. The molecule has 0 saturated carbocycles. The van der Waals surface area contributed by atoms with E-state index in [2.05, 4.69) is 0 Å². The zero-order valence-corrected chi connectivity index (χ0v) is 7.46. The summed E-state index contributed by atoms with van der Waals surface area (Å²) in [6.45, 7) is 0. The zero-order chi connectivity index (χ0) is 8.10. The minimum atomic E-state index is -0.406. The Bertz CT molecular complexity index is 240. The average molecular weight is 184 g/mol. The molecule has 0 aliphatic carbocycles. The molecule has 0 unspecified atom stereocenters. The van der Waals surface area contributed by atoms with E-state index in [0.29, 0.717) is 0 Å². The Hall–Kier alpha value is -0.580. The van der Waals surface area contributed by atoms with Gasteiger partial charge in [-0.15, -0.1) is 0 Å². The van der Waals surface area contributed by atoms with Gasteiger partial charge in [0.15, 0.2) is 16.9 Å². The molecule has 11 heavy (non-hydrogen) atoms. The predicted molar refractivity (Wildman–Crippen MR) is 44.4 cm³/mol. The van der Waals surface area contributed by atoms with Crippen molar-refractivity contribution in [3.63, 3.8) is 0 Å². The van der Waals surface area contributed by atoms with Gasteiger partial charge in [-0.3, -0.25) is 9.13 Å². The fourth-order valence-electron chi connectivity index (χ4n) is 0.766. The number of hydrogen-bond donors (Lipinski definition) is 0. The molecule has 1 aromatic carbocycles. The summed E-state index contributed by atoms with van der Waals surface area (Å²) >= 11 is 0. The van der Waals surface area contributed by atoms with E-state index in [1.165, 1.54) is 0 Å². The molecule has 1 rings (SSSR count). The molecule has 1 aromatic rings. The Balaban J connectivity index is 2.90. The number of rotatable bonds is 3. The van der Waals surface area contributed by atoms with Gasteiger partial charge in [0, 0.05) is 0 Å². The molecule has 0 fully saturated rings. The monoisotopic (exact) mass is 184 g/mol. The van der Waals surface area contributed by atoms with E-state index in [0.717, 1.165) is 5.56 Å². The van der Waals surface area contributed by atoms with E-state index < -0.39 is 5.40 Å². The maximum Gasteiger partial charge on any atom is 0.176 e. The molecule has 0 heterocycles. The van der Waals surface area contributed by atoms with E-state index in [1.807, 2.05) is 18.2 Å². The van der Waals surface area contributed by atoms with E-state index in [4.69, 9.17) is 0 Å². The van der Waals surface area contributed by atoms with Crippen LogP contribution in [-0.2, 0) is 9.13 Å². The normalized spacial score (nSPS) is 13.5. The minimum absolute atomic E-state index is 0.100. The van der Waals surface area contributed by atoms with Crippen LogP contribution in [0.2, 0.25) is 0 Å². The van der Waals surface area contributed by atoms with Crippen molar-refractivity contribution in [2.24, 2.45) is 0 Å². The highest BCUT2D eigenvalue weighted by atomic mass is 31.1. The molecule has 0 N–H and O–H groups in total. The van der Waals surface area contributed by atoms with Crippen molar-refractivity contribution in [3.8, 4) is 0 Å². The molecular weight excluding hydrogens is 178 g/mol. The molecule has 0 aromatic heterocycles. The van der Waals surface area contributed by atoms with E-state index in [1.54, 1.807) is 12.1 Å². The maximum absolute atomic E-state index is 10.4. The van der Waals surface area contributed by atoms with Crippen molar-refractivity contribution >= 4 is 16.9 Å². The second kappa shape index (κ2) is 4.33. The van der Waals surface area contributed by atoms with Crippen LogP contribution in [0.25, 0.3) is 0 Å². The lowest BCUT2D eigenvalue weighted by molar-refractivity contribution is 0.589. The van der Waals surface area contributed by atoms with Gasteiger partial charge in [0.1, 0.15) is 5.40 Å². The van der Waals surface area contributed by atoms with Crippen LogP contribution in [0, 0.1) is 0 Å². The fraction of sp³-hybridized carbons (Fsp3) is 0.143. The Labute approximate surface area is 68.0 Å². The summed E-state index contributed by atoms with van der Waals surface area (Å²) in [6, 6.07) is 9.14. The highest BCUT2D eigenvalue weighted by Crippen LogP contribution is 2.36. The summed E-state index contributed by atoms with van der Waals surface area (Å²) in [4.78, 5) is 0. The smallest absolute Gasteiger partial charge is 0.176 e. The second-order valence-electron chi connectivity index (χ2n) is 2.00. The highest BCUT2D eigenvalue weighted by Gasteiger charge is 2.09. The molecule has 0 bridgehead atoms. The van der Waals surface area contributed by atoms with Crippen molar-refractivity contribution < 1.29 is 9.13 Å². The molecule has 0 spiro atoms. The third-order valence-electron chi connectivity index (χ3n) is 1.30. The minimum Gasteiger partial charge on any atom is -0.273 e. The first kappa shape index (κ1) is 8.52. The van der Waals surface area contributed by atoms with Crippen molar-refractivity contribution in [3.05, 3.63) is 35.9 Å². The SMILES string of the molecule is O=PC(P=O)c1ccccc1. The lowest BCUT2D eigenvalue weighted by Gasteiger charge is -1.97. The Morgan fingerprint density at radius 3 is 2.00 bits per heavy atom. The first-order valence-electron chi connectivity index (χ1n) is 3.08. The second-order valence-corrected chi connectivity index (χ2v) is 3.86. The van der Waals surface area contributed by atoms with Crippen LogP contribution in [0.4, 0.5) is 0 Å². The first-order chi connectivity index (χ1) is 5.38. The summed E-state index contributed by atoms with van der Waals surface area (Å²) < 4.78 is 20.9. The van der Waals surface area contributed by atoms with Gasteiger partial charge in [-0.1, -0.05) is 30.3 Å².